The van der Waals surface area contributed by atoms with E-state index in [1.165, 1.54) is 0 Å². The molecule has 18 heavy (non-hydrogen) atoms. The Labute approximate surface area is 110 Å². The second kappa shape index (κ2) is 7.71. The maximum Gasteiger partial charge on any atom is 0.222 e. The molecule has 0 saturated carbocycles. The van der Waals surface area contributed by atoms with Crippen LogP contribution in [0.2, 0.25) is 0 Å². The monoisotopic (exact) mass is 258 g/mol. The Kier molecular flexibility index (Phi) is 6.60. The molecule has 1 amide bonds. The summed E-state index contributed by atoms with van der Waals surface area (Å²) < 4.78 is 10.5. The van der Waals surface area contributed by atoms with E-state index in [-0.39, 0.29) is 24.2 Å². The number of hydrogen-bond acceptors (Lipinski definition) is 4. The van der Waals surface area contributed by atoms with Crippen LogP contribution in [-0.4, -0.2) is 56.4 Å². The van der Waals surface area contributed by atoms with Gasteiger partial charge in [-0.25, -0.2) is 0 Å². The molecule has 0 radical (unpaired) electrons. The first-order valence-corrected chi connectivity index (χ1v) is 6.67. The minimum Gasteiger partial charge on any atom is -0.382 e. The van der Waals surface area contributed by atoms with Crippen molar-refractivity contribution in [2.75, 3.05) is 27.3 Å². The quantitative estimate of drug-likeness (QED) is 0.764. The Morgan fingerprint density at radius 1 is 1.50 bits per heavy atom. The van der Waals surface area contributed by atoms with E-state index in [4.69, 9.17) is 15.2 Å². The number of nitrogens with zero attached hydrogens (tertiary/aromatic N) is 1. The number of carbonyl (C=O) groups is 1. The molecule has 0 spiro atoms. The zero-order valence-electron chi connectivity index (χ0n) is 11.7. The van der Waals surface area contributed by atoms with Gasteiger partial charge < -0.3 is 20.1 Å². The average Bonchev–Trinajstić information content (AvgIpc) is 2.43. The summed E-state index contributed by atoms with van der Waals surface area (Å²) in [4.78, 5) is 14.1. The van der Waals surface area contributed by atoms with Gasteiger partial charge in [-0.1, -0.05) is 0 Å². The van der Waals surface area contributed by atoms with Crippen LogP contribution >= 0.6 is 0 Å². The van der Waals surface area contributed by atoms with E-state index in [2.05, 4.69) is 0 Å². The largest absolute Gasteiger partial charge is 0.382 e. The van der Waals surface area contributed by atoms with Crippen molar-refractivity contribution in [3.63, 3.8) is 0 Å². The summed E-state index contributed by atoms with van der Waals surface area (Å²) in [7, 11) is 3.39. The molecule has 5 nitrogen and oxygen atoms in total. The molecule has 0 bridgehead atoms. The number of hydrogen-bond donors (Lipinski definition) is 1. The third kappa shape index (κ3) is 4.23. The van der Waals surface area contributed by atoms with Crippen molar-refractivity contribution in [1.82, 2.24) is 4.90 Å². The van der Waals surface area contributed by atoms with Crippen molar-refractivity contribution in [3.05, 3.63) is 0 Å². The minimum atomic E-state index is 0.119. The van der Waals surface area contributed by atoms with Gasteiger partial charge in [0.15, 0.2) is 0 Å². The molecule has 5 heteroatoms. The Balaban J connectivity index is 2.46. The number of methoxy groups -OCH3 is 2. The first-order chi connectivity index (χ1) is 8.62. The van der Waals surface area contributed by atoms with Gasteiger partial charge in [0.25, 0.3) is 0 Å². The zero-order chi connectivity index (χ0) is 13.5. The molecule has 1 saturated heterocycles. The van der Waals surface area contributed by atoms with Crippen LogP contribution in [0.3, 0.4) is 0 Å². The Morgan fingerprint density at radius 2 is 2.22 bits per heavy atom. The minimum absolute atomic E-state index is 0.119. The summed E-state index contributed by atoms with van der Waals surface area (Å²) in [6.45, 7) is 3.23. The van der Waals surface area contributed by atoms with Crippen molar-refractivity contribution in [2.24, 2.45) is 5.73 Å². The molecule has 1 aliphatic heterocycles. The van der Waals surface area contributed by atoms with Gasteiger partial charge in [-0.15, -0.1) is 0 Å². The van der Waals surface area contributed by atoms with E-state index in [1.54, 1.807) is 14.2 Å². The number of ether oxygens (including phenoxy) is 2. The Morgan fingerprint density at radius 3 is 2.78 bits per heavy atom. The Hall–Kier alpha value is -0.650. The maximum absolute atomic E-state index is 12.2. The van der Waals surface area contributed by atoms with Crippen LogP contribution in [0.5, 0.6) is 0 Å². The molecule has 1 aliphatic rings. The van der Waals surface area contributed by atoms with Gasteiger partial charge in [-0.3, -0.25) is 4.79 Å². The molecule has 0 aromatic heterocycles. The van der Waals surface area contributed by atoms with Crippen LogP contribution in [0.4, 0.5) is 0 Å². The Bertz CT molecular complexity index is 261. The number of nitrogens with two attached hydrogens (primary N) is 1. The highest BCUT2D eigenvalue weighted by atomic mass is 16.5. The molecule has 106 valence electrons. The summed E-state index contributed by atoms with van der Waals surface area (Å²) in [5.74, 6) is 0.184. The van der Waals surface area contributed by atoms with E-state index >= 15 is 0 Å². The van der Waals surface area contributed by atoms with E-state index in [0.29, 0.717) is 13.0 Å². The van der Waals surface area contributed by atoms with Gasteiger partial charge in [0.1, 0.15) is 0 Å². The second-order valence-electron chi connectivity index (χ2n) is 4.94. The van der Waals surface area contributed by atoms with E-state index in [9.17, 15) is 4.79 Å². The summed E-state index contributed by atoms with van der Waals surface area (Å²) in [5.41, 5.74) is 5.76. The smallest absolute Gasteiger partial charge is 0.222 e. The molecule has 3 atom stereocenters. The van der Waals surface area contributed by atoms with Crippen molar-refractivity contribution < 1.29 is 14.3 Å². The first kappa shape index (κ1) is 15.4. The average molecular weight is 258 g/mol. The zero-order valence-corrected chi connectivity index (χ0v) is 11.7. The van der Waals surface area contributed by atoms with Crippen molar-refractivity contribution in [1.29, 1.82) is 0 Å². The molecule has 3 unspecified atom stereocenters. The van der Waals surface area contributed by atoms with Gasteiger partial charge in [0, 0.05) is 39.8 Å². The van der Waals surface area contributed by atoms with Gasteiger partial charge in [-0.2, -0.15) is 0 Å². The molecule has 2 N–H and O–H groups in total. The second-order valence-corrected chi connectivity index (χ2v) is 4.94. The van der Waals surface area contributed by atoms with Crippen molar-refractivity contribution >= 4 is 5.91 Å². The van der Waals surface area contributed by atoms with Crippen LogP contribution < -0.4 is 5.73 Å². The molecule has 0 aromatic rings. The van der Waals surface area contributed by atoms with E-state index in [1.807, 2.05) is 11.8 Å². The van der Waals surface area contributed by atoms with E-state index in [0.717, 1.165) is 25.8 Å². The van der Waals surface area contributed by atoms with Crippen molar-refractivity contribution in [2.45, 2.75) is 50.9 Å². The van der Waals surface area contributed by atoms with Crippen LogP contribution in [0.15, 0.2) is 0 Å². The SMILES string of the molecule is COC(C)CCC(=O)N1CCC(OC)CC1CN. The van der Waals surface area contributed by atoms with Gasteiger partial charge in [-0.05, 0) is 26.2 Å². The highest BCUT2D eigenvalue weighted by molar-refractivity contribution is 5.76. The first-order valence-electron chi connectivity index (χ1n) is 6.67. The normalized spacial score (nSPS) is 26.1. The molecule has 1 rings (SSSR count). The molecule has 0 aromatic carbocycles. The third-order valence-electron chi connectivity index (χ3n) is 3.76. The topological polar surface area (TPSA) is 64.8 Å². The number of carbonyl (C=O) groups excluding carboxylic acids is 1. The number of piperidine rings is 1. The van der Waals surface area contributed by atoms with Crippen LogP contribution in [0, 0.1) is 0 Å². The van der Waals surface area contributed by atoms with Crippen LogP contribution in [0.1, 0.15) is 32.6 Å². The molecule has 1 fully saturated rings. The lowest BCUT2D eigenvalue weighted by molar-refractivity contribution is -0.137. The molecule has 0 aliphatic carbocycles. The lowest BCUT2D eigenvalue weighted by atomic mass is 9.98. The summed E-state index contributed by atoms with van der Waals surface area (Å²) in [6.07, 6.45) is 3.40. The predicted octanol–water partition coefficient (Wildman–Crippen LogP) is 0.766. The molecular weight excluding hydrogens is 232 g/mol. The lowest BCUT2D eigenvalue weighted by Crippen LogP contribution is -2.51. The number of amides is 1. The fourth-order valence-corrected chi connectivity index (χ4v) is 2.37. The van der Waals surface area contributed by atoms with Gasteiger partial charge in [0.05, 0.1) is 12.2 Å². The maximum atomic E-state index is 12.2. The van der Waals surface area contributed by atoms with Gasteiger partial charge in [0.2, 0.25) is 5.91 Å². The molecular formula is C13H26N2O3. The standard InChI is InChI=1S/C13H26N2O3/c1-10(17-2)4-5-13(16)15-7-6-12(18-3)8-11(15)9-14/h10-12H,4-9,14H2,1-3H3. The molecule has 1 heterocycles. The van der Waals surface area contributed by atoms with Crippen molar-refractivity contribution in [3.8, 4) is 0 Å². The summed E-state index contributed by atoms with van der Waals surface area (Å²) in [6, 6.07) is 0.119. The van der Waals surface area contributed by atoms with Gasteiger partial charge >= 0.3 is 0 Å². The third-order valence-corrected chi connectivity index (χ3v) is 3.76. The predicted molar refractivity (Wildman–Crippen MR) is 70.3 cm³/mol. The summed E-state index contributed by atoms with van der Waals surface area (Å²) in [5, 5.41) is 0. The fraction of sp³-hybridized carbons (Fsp3) is 0.923. The number of rotatable bonds is 6. The highest BCUT2D eigenvalue weighted by Gasteiger charge is 2.30. The lowest BCUT2D eigenvalue weighted by Gasteiger charge is -2.38. The van der Waals surface area contributed by atoms with E-state index < -0.39 is 0 Å². The number of likely N-dealkylation sites (tertiary alicyclic amines) is 1. The fourth-order valence-electron chi connectivity index (χ4n) is 2.37. The summed E-state index contributed by atoms with van der Waals surface area (Å²) >= 11 is 0. The van der Waals surface area contributed by atoms with Crippen LogP contribution in [0.25, 0.3) is 0 Å². The van der Waals surface area contributed by atoms with Crippen LogP contribution in [-0.2, 0) is 14.3 Å². The highest BCUT2D eigenvalue weighted by Crippen LogP contribution is 2.20.